The molecule has 0 spiro atoms. The van der Waals surface area contributed by atoms with E-state index in [-0.39, 0.29) is 12.5 Å². The van der Waals surface area contributed by atoms with Gasteiger partial charge in [0.25, 0.3) is 5.91 Å². The van der Waals surface area contributed by atoms with Crippen molar-refractivity contribution >= 4 is 17.6 Å². The number of anilines is 1. The van der Waals surface area contributed by atoms with Crippen molar-refractivity contribution in [3.63, 3.8) is 0 Å². The Kier molecular flexibility index (Phi) is 2.33. The average molecular weight is 215 g/mol. The van der Waals surface area contributed by atoms with Crippen molar-refractivity contribution in [3.05, 3.63) is 29.3 Å². The number of amides is 3. The molecule has 0 radical (unpaired) electrons. The fourth-order valence-electron chi connectivity index (χ4n) is 1.59. The van der Waals surface area contributed by atoms with Crippen molar-refractivity contribution in [2.24, 2.45) is 0 Å². The Labute approximate surface area is 92.3 Å². The van der Waals surface area contributed by atoms with Crippen LogP contribution in [0.1, 0.15) is 11.1 Å². The minimum atomic E-state index is -0.441. The van der Waals surface area contributed by atoms with Crippen LogP contribution in [0, 0.1) is 18.3 Å². The minimum Gasteiger partial charge on any atom is -0.328 e. The lowest BCUT2D eigenvalue weighted by Gasteiger charge is -2.15. The number of carbonyl (C=O) groups excluding carboxylic acids is 2. The maximum atomic E-state index is 11.5. The fourth-order valence-corrected chi connectivity index (χ4v) is 1.59. The van der Waals surface area contributed by atoms with Gasteiger partial charge in [0.2, 0.25) is 0 Å². The first-order chi connectivity index (χ1) is 7.63. The van der Waals surface area contributed by atoms with Crippen molar-refractivity contribution in [2.45, 2.75) is 6.92 Å². The zero-order valence-electron chi connectivity index (χ0n) is 8.65. The van der Waals surface area contributed by atoms with Crippen LogP contribution >= 0.6 is 0 Å². The molecule has 0 aliphatic carbocycles. The third-order valence-corrected chi connectivity index (χ3v) is 2.42. The normalized spacial score (nSPS) is 14.9. The van der Waals surface area contributed by atoms with Crippen LogP contribution in [0.5, 0.6) is 0 Å². The maximum absolute atomic E-state index is 11.5. The number of nitrogens with zero attached hydrogens (tertiary/aromatic N) is 2. The molecule has 0 atom stereocenters. The molecular formula is C11H9N3O2. The zero-order chi connectivity index (χ0) is 11.7. The predicted octanol–water partition coefficient (Wildman–Crippen LogP) is 0.923. The molecular weight excluding hydrogens is 206 g/mol. The molecule has 3 amide bonds. The van der Waals surface area contributed by atoms with Gasteiger partial charge in [-0.05, 0) is 24.6 Å². The monoisotopic (exact) mass is 215 g/mol. The molecule has 0 bridgehead atoms. The molecule has 0 aromatic heterocycles. The van der Waals surface area contributed by atoms with Gasteiger partial charge in [-0.1, -0.05) is 6.07 Å². The van der Waals surface area contributed by atoms with Crippen molar-refractivity contribution in [2.75, 3.05) is 11.4 Å². The standard InChI is InChI=1S/C11H9N3O2/c1-7-2-3-8(5-12)4-9(7)14-10(15)6-13-11(14)16/h2-4H,6H2,1H3,(H,13,16). The molecule has 1 heterocycles. The number of imide groups is 1. The summed E-state index contributed by atoms with van der Waals surface area (Å²) in [6.45, 7) is 1.80. The smallest absolute Gasteiger partial charge is 0.328 e. The summed E-state index contributed by atoms with van der Waals surface area (Å²) < 4.78 is 0. The summed E-state index contributed by atoms with van der Waals surface area (Å²) in [5.74, 6) is -0.303. The molecule has 0 unspecified atom stereocenters. The van der Waals surface area contributed by atoms with E-state index in [1.54, 1.807) is 19.1 Å². The van der Waals surface area contributed by atoms with Crippen LogP contribution in [0.4, 0.5) is 10.5 Å². The van der Waals surface area contributed by atoms with E-state index in [1.165, 1.54) is 6.07 Å². The molecule has 1 aromatic rings. The van der Waals surface area contributed by atoms with Crippen LogP contribution in [-0.4, -0.2) is 18.5 Å². The van der Waals surface area contributed by atoms with Gasteiger partial charge in [0.15, 0.2) is 0 Å². The molecule has 1 aliphatic rings. The summed E-state index contributed by atoms with van der Waals surface area (Å²) >= 11 is 0. The largest absolute Gasteiger partial charge is 0.329 e. The molecule has 1 aromatic carbocycles. The first-order valence-electron chi connectivity index (χ1n) is 4.75. The Morgan fingerprint density at radius 2 is 2.19 bits per heavy atom. The molecule has 0 saturated carbocycles. The summed E-state index contributed by atoms with van der Waals surface area (Å²) in [4.78, 5) is 24.0. The lowest BCUT2D eigenvalue weighted by molar-refractivity contribution is -0.115. The van der Waals surface area contributed by atoms with E-state index in [4.69, 9.17) is 5.26 Å². The topological polar surface area (TPSA) is 73.2 Å². The number of nitrogens with one attached hydrogen (secondary N) is 1. The number of hydrogen-bond acceptors (Lipinski definition) is 3. The summed E-state index contributed by atoms with van der Waals surface area (Å²) in [6, 6.07) is 6.44. The molecule has 5 heteroatoms. The molecule has 16 heavy (non-hydrogen) atoms. The Morgan fingerprint density at radius 3 is 2.75 bits per heavy atom. The van der Waals surface area contributed by atoms with Gasteiger partial charge in [-0.3, -0.25) is 4.79 Å². The number of rotatable bonds is 1. The Bertz CT molecular complexity index is 500. The van der Waals surface area contributed by atoms with E-state index >= 15 is 0 Å². The van der Waals surface area contributed by atoms with Gasteiger partial charge in [-0.15, -0.1) is 0 Å². The van der Waals surface area contributed by atoms with Crippen LogP contribution < -0.4 is 10.2 Å². The van der Waals surface area contributed by atoms with Gasteiger partial charge in [0, 0.05) is 0 Å². The van der Waals surface area contributed by atoms with Gasteiger partial charge in [-0.25, -0.2) is 9.69 Å². The highest BCUT2D eigenvalue weighted by atomic mass is 16.2. The Morgan fingerprint density at radius 1 is 1.44 bits per heavy atom. The third kappa shape index (κ3) is 1.50. The van der Waals surface area contributed by atoms with Crippen LogP contribution in [-0.2, 0) is 4.79 Å². The number of benzene rings is 1. The summed E-state index contributed by atoms with van der Waals surface area (Å²) in [6.07, 6.45) is 0. The molecule has 1 fully saturated rings. The van der Waals surface area contributed by atoms with Gasteiger partial charge in [0.05, 0.1) is 23.9 Å². The van der Waals surface area contributed by atoms with E-state index in [0.717, 1.165) is 10.5 Å². The highest BCUT2D eigenvalue weighted by Crippen LogP contribution is 2.23. The molecule has 1 saturated heterocycles. The summed E-state index contributed by atoms with van der Waals surface area (Å²) in [7, 11) is 0. The van der Waals surface area contributed by atoms with E-state index in [2.05, 4.69) is 5.32 Å². The minimum absolute atomic E-state index is 0.00898. The van der Waals surface area contributed by atoms with Gasteiger partial charge >= 0.3 is 6.03 Å². The fraction of sp³-hybridized carbons (Fsp3) is 0.182. The first kappa shape index (κ1) is 10.2. The first-order valence-corrected chi connectivity index (χ1v) is 4.75. The van der Waals surface area contributed by atoms with E-state index in [0.29, 0.717) is 11.3 Å². The van der Waals surface area contributed by atoms with E-state index in [9.17, 15) is 9.59 Å². The number of hydrogen-bond donors (Lipinski definition) is 1. The number of urea groups is 1. The maximum Gasteiger partial charge on any atom is 0.329 e. The van der Waals surface area contributed by atoms with Gasteiger partial charge in [-0.2, -0.15) is 5.26 Å². The Hall–Kier alpha value is -2.35. The third-order valence-electron chi connectivity index (χ3n) is 2.42. The lowest BCUT2D eigenvalue weighted by atomic mass is 10.1. The van der Waals surface area contributed by atoms with E-state index < -0.39 is 6.03 Å². The number of carbonyl (C=O) groups is 2. The van der Waals surface area contributed by atoms with Crippen molar-refractivity contribution in [1.29, 1.82) is 5.26 Å². The average Bonchev–Trinajstić information content (AvgIpc) is 2.60. The number of aryl methyl sites for hydroxylation is 1. The summed E-state index contributed by atoms with van der Waals surface area (Å²) in [5, 5.41) is 11.2. The lowest BCUT2D eigenvalue weighted by Crippen LogP contribution is -2.31. The van der Waals surface area contributed by atoms with Crippen LogP contribution in [0.3, 0.4) is 0 Å². The van der Waals surface area contributed by atoms with Crippen LogP contribution in [0.15, 0.2) is 18.2 Å². The molecule has 80 valence electrons. The SMILES string of the molecule is Cc1ccc(C#N)cc1N1C(=O)CNC1=O. The second-order valence-corrected chi connectivity index (χ2v) is 3.50. The second kappa shape index (κ2) is 3.66. The van der Waals surface area contributed by atoms with Crippen molar-refractivity contribution < 1.29 is 9.59 Å². The zero-order valence-corrected chi connectivity index (χ0v) is 8.65. The predicted molar refractivity (Wildman–Crippen MR) is 56.8 cm³/mol. The van der Waals surface area contributed by atoms with E-state index in [1.807, 2.05) is 6.07 Å². The molecule has 5 nitrogen and oxygen atoms in total. The number of nitriles is 1. The van der Waals surface area contributed by atoms with Gasteiger partial charge < -0.3 is 5.32 Å². The summed E-state index contributed by atoms with van der Waals surface area (Å²) in [5.41, 5.74) is 1.68. The Balaban J connectivity index is 2.51. The molecule has 1 N–H and O–H groups in total. The van der Waals surface area contributed by atoms with Crippen LogP contribution in [0.2, 0.25) is 0 Å². The van der Waals surface area contributed by atoms with Crippen LogP contribution in [0.25, 0.3) is 0 Å². The van der Waals surface area contributed by atoms with Crippen molar-refractivity contribution in [3.8, 4) is 6.07 Å². The molecule has 2 rings (SSSR count). The highest BCUT2D eigenvalue weighted by molar-refractivity contribution is 6.20. The van der Waals surface area contributed by atoms with Crippen molar-refractivity contribution in [1.82, 2.24) is 5.32 Å². The molecule has 1 aliphatic heterocycles. The van der Waals surface area contributed by atoms with Gasteiger partial charge in [0.1, 0.15) is 0 Å². The quantitative estimate of drug-likeness (QED) is 0.708. The second-order valence-electron chi connectivity index (χ2n) is 3.50. The highest BCUT2D eigenvalue weighted by Gasteiger charge is 2.30.